The number of halogens is 2. The highest BCUT2D eigenvalue weighted by atomic mass is 79.9. The zero-order chi connectivity index (χ0) is 13.1. The smallest absolute Gasteiger partial charge is 0.261 e. The second kappa shape index (κ2) is 6.53. The van der Waals surface area contributed by atoms with E-state index in [0.717, 1.165) is 25.6 Å². The van der Waals surface area contributed by atoms with Crippen molar-refractivity contribution in [2.24, 2.45) is 11.8 Å². The number of carbonyl (C=O) groups excluding carboxylic acids is 1. The molecule has 2 nitrogen and oxygen atoms in total. The summed E-state index contributed by atoms with van der Waals surface area (Å²) in [6.45, 7) is 3.11. The van der Waals surface area contributed by atoms with E-state index in [0.29, 0.717) is 5.92 Å². The lowest BCUT2D eigenvalue weighted by Crippen LogP contribution is -2.33. The number of carbonyl (C=O) groups is 1. The molecule has 0 aromatic carbocycles. The van der Waals surface area contributed by atoms with Crippen LogP contribution in [0.2, 0.25) is 0 Å². The van der Waals surface area contributed by atoms with Crippen molar-refractivity contribution in [3.63, 3.8) is 0 Å². The van der Waals surface area contributed by atoms with Gasteiger partial charge in [0.25, 0.3) is 5.91 Å². The lowest BCUT2D eigenvalue weighted by Gasteiger charge is -2.28. The van der Waals surface area contributed by atoms with Gasteiger partial charge in [-0.1, -0.05) is 26.2 Å². The van der Waals surface area contributed by atoms with Gasteiger partial charge in [-0.15, -0.1) is 11.3 Å². The third kappa shape index (κ3) is 3.58. The average Bonchev–Trinajstić information content (AvgIpc) is 2.68. The molecular formula is C13H17Br2NOS. The standard InChI is InChI=1S/C13H17Br2NOS/c1-8-4-2-3-5-9(8)7-16-13(17)11-6-10(14)12(15)18-11/h6,8-9H,2-5,7H2,1H3,(H,16,17). The van der Waals surface area contributed by atoms with E-state index in [1.807, 2.05) is 6.07 Å². The molecule has 0 bridgehead atoms. The minimum Gasteiger partial charge on any atom is -0.351 e. The minimum absolute atomic E-state index is 0.0455. The van der Waals surface area contributed by atoms with Crippen LogP contribution in [0.3, 0.4) is 0 Å². The van der Waals surface area contributed by atoms with Crippen LogP contribution in [0.4, 0.5) is 0 Å². The van der Waals surface area contributed by atoms with Gasteiger partial charge >= 0.3 is 0 Å². The summed E-state index contributed by atoms with van der Waals surface area (Å²) < 4.78 is 1.92. The van der Waals surface area contributed by atoms with E-state index in [4.69, 9.17) is 0 Å². The summed E-state index contributed by atoms with van der Waals surface area (Å²) in [5.41, 5.74) is 0. The van der Waals surface area contributed by atoms with Crippen LogP contribution in [-0.4, -0.2) is 12.5 Å². The quantitative estimate of drug-likeness (QED) is 0.781. The van der Waals surface area contributed by atoms with Crippen LogP contribution in [0, 0.1) is 11.8 Å². The Bertz CT molecular complexity index is 413. The van der Waals surface area contributed by atoms with E-state index in [1.165, 1.54) is 37.0 Å². The molecule has 0 radical (unpaired) electrons. The van der Waals surface area contributed by atoms with Crippen molar-refractivity contribution in [1.82, 2.24) is 5.32 Å². The maximum absolute atomic E-state index is 12.0. The Labute approximate surface area is 129 Å². The van der Waals surface area contributed by atoms with Crippen molar-refractivity contribution < 1.29 is 4.79 Å². The monoisotopic (exact) mass is 393 g/mol. The maximum Gasteiger partial charge on any atom is 0.261 e. The van der Waals surface area contributed by atoms with E-state index in [2.05, 4.69) is 44.1 Å². The van der Waals surface area contributed by atoms with Crippen molar-refractivity contribution in [3.05, 3.63) is 19.2 Å². The molecule has 1 aliphatic rings. The molecule has 1 amide bonds. The molecule has 1 heterocycles. The van der Waals surface area contributed by atoms with E-state index < -0.39 is 0 Å². The highest BCUT2D eigenvalue weighted by Gasteiger charge is 2.22. The van der Waals surface area contributed by atoms with E-state index >= 15 is 0 Å². The van der Waals surface area contributed by atoms with E-state index in [1.54, 1.807) is 0 Å². The van der Waals surface area contributed by atoms with Gasteiger partial charge in [-0.05, 0) is 56.2 Å². The largest absolute Gasteiger partial charge is 0.351 e. The molecule has 0 saturated heterocycles. The molecule has 0 spiro atoms. The Morgan fingerprint density at radius 1 is 1.44 bits per heavy atom. The Balaban J connectivity index is 1.88. The summed E-state index contributed by atoms with van der Waals surface area (Å²) in [5.74, 6) is 1.43. The van der Waals surface area contributed by atoms with Crippen molar-refractivity contribution >= 4 is 49.1 Å². The third-order valence-corrected chi connectivity index (χ3v) is 6.94. The van der Waals surface area contributed by atoms with Crippen LogP contribution < -0.4 is 5.32 Å². The fraction of sp³-hybridized carbons (Fsp3) is 0.615. The first-order valence-electron chi connectivity index (χ1n) is 6.31. The lowest BCUT2D eigenvalue weighted by molar-refractivity contribution is 0.0940. The van der Waals surface area contributed by atoms with Gasteiger partial charge in [0.05, 0.1) is 8.66 Å². The topological polar surface area (TPSA) is 29.1 Å². The third-order valence-electron chi connectivity index (χ3n) is 3.68. The summed E-state index contributed by atoms with van der Waals surface area (Å²) in [6.07, 6.45) is 5.20. The van der Waals surface area contributed by atoms with Crippen LogP contribution >= 0.6 is 43.2 Å². The van der Waals surface area contributed by atoms with Gasteiger partial charge in [0, 0.05) is 11.0 Å². The van der Waals surface area contributed by atoms with Gasteiger partial charge in [0.2, 0.25) is 0 Å². The SMILES string of the molecule is CC1CCCCC1CNC(=O)c1cc(Br)c(Br)s1. The number of thiophene rings is 1. The molecule has 1 N–H and O–H groups in total. The first-order valence-corrected chi connectivity index (χ1v) is 8.71. The Kier molecular flexibility index (Phi) is 5.27. The summed E-state index contributed by atoms with van der Waals surface area (Å²) in [5, 5.41) is 3.07. The molecular weight excluding hydrogens is 378 g/mol. The zero-order valence-corrected chi connectivity index (χ0v) is 14.3. The predicted molar refractivity (Wildman–Crippen MR) is 83.2 cm³/mol. The van der Waals surface area contributed by atoms with Crippen LogP contribution in [0.5, 0.6) is 0 Å². The number of amides is 1. The van der Waals surface area contributed by atoms with Crippen molar-refractivity contribution in [2.45, 2.75) is 32.6 Å². The number of hydrogen-bond acceptors (Lipinski definition) is 2. The van der Waals surface area contributed by atoms with Gasteiger partial charge in [-0.3, -0.25) is 4.79 Å². The maximum atomic E-state index is 12.0. The highest BCUT2D eigenvalue weighted by molar-refractivity contribution is 9.13. The molecule has 5 heteroatoms. The molecule has 2 unspecified atom stereocenters. The number of nitrogens with one attached hydrogen (secondary N) is 1. The van der Waals surface area contributed by atoms with E-state index in [-0.39, 0.29) is 5.91 Å². The Morgan fingerprint density at radius 3 is 2.78 bits per heavy atom. The van der Waals surface area contributed by atoms with Crippen molar-refractivity contribution in [2.75, 3.05) is 6.54 Å². The van der Waals surface area contributed by atoms with Crippen LogP contribution in [0.25, 0.3) is 0 Å². The second-order valence-corrected chi connectivity index (χ2v) is 8.19. The molecule has 1 saturated carbocycles. The molecule has 18 heavy (non-hydrogen) atoms. The van der Waals surface area contributed by atoms with E-state index in [9.17, 15) is 4.79 Å². The summed E-state index contributed by atoms with van der Waals surface area (Å²) >= 11 is 8.29. The fourth-order valence-corrected chi connectivity index (χ4v) is 4.42. The molecule has 2 rings (SSSR count). The van der Waals surface area contributed by atoms with Gasteiger partial charge in [0.15, 0.2) is 0 Å². The second-order valence-electron chi connectivity index (χ2n) is 4.96. The molecule has 1 aromatic rings. The molecule has 2 atom stereocenters. The molecule has 1 aliphatic carbocycles. The summed E-state index contributed by atoms with van der Waals surface area (Å²) in [6, 6.07) is 1.87. The number of hydrogen-bond donors (Lipinski definition) is 1. The Morgan fingerprint density at radius 2 is 2.17 bits per heavy atom. The van der Waals surface area contributed by atoms with Crippen molar-refractivity contribution in [1.29, 1.82) is 0 Å². The highest BCUT2D eigenvalue weighted by Crippen LogP contribution is 2.32. The van der Waals surface area contributed by atoms with Gasteiger partial charge in [0.1, 0.15) is 0 Å². The molecule has 100 valence electrons. The minimum atomic E-state index is 0.0455. The molecule has 0 aliphatic heterocycles. The zero-order valence-electron chi connectivity index (χ0n) is 10.3. The van der Waals surface area contributed by atoms with Crippen molar-refractivity contribution in [3.8, 4) is 0 Å². The normalized spacial score (nSPS) is 23.9. The number of rotatable bonds is 3. The molecule has 1 aromatic heterocycles. The van der Waals surface area contributed by atoms with Crippen LogP contribution in [0.15, 0.2) is 14.3 Å². The van der Waals surface area contributed by atoms with Crippen LogP contribution in [-0.2, 0) is 0 Å². The van der Waals surface area contributed by atoms with Crippen LogP contribution in [0.1, 0.15) is 42.3 Å². The summed E-state index contributed by atoms with van der Waals surface area (Å²) in [4.78, 5) is 12.8. The molecule has 1 fully saturated rings. The van der Waals surface area contributed by atoms with Gasteiger partial charge in [-0.25, -0.2) is 0 Å². The lowest BCUT2D eigenvalue weighted by atomic mass is 9.80. The summed E-state index contributed by atoms with van der Waals surface area (Å²) in [7, 11) is 0. The first kappa shape index (κ1) is 14.5. The van der Waals surface area contributed by atoms with Gasteiger partial charge < -0.3 is 5.32 Å². The predicted octanol–water partition coefficient (Wildman–Crippen LogP) is 4.83. The van der Waals surface area contributed by atoms with Gasteiger partial charge in [-0.2, -0.15) is 0 Å². The average molecular weight is 395 g/mol. The first-order chi connectivity index (χ1) is 8.58. The Hall–Kier alpha value is 0.130. The fourth-order valence-electron chi connectivity index (χ4n) is 2.47.